The van der Waals surface area contributed by atoms with Crippen LogP contribution in [-0.2, 0) is 4.79 Å². The summed E-state index contributed by atoms with van der Waals surface area (Å²) in [5.41, 5.74) is 1.58. The van der Waals surface area contributed by atoms with Gasteiger partial charge < -0.3 is 14.8 Å². The van der Waals surface area contributed by atoms with E-state index in [9.17, 15) is 9.59 Å². The molecule has 0 aliphatic rings. The summed E-state index contributed by atoms with van der Waals surface area (Å²) in [6, 6.07) is 11.4. The molecule has 2 rings (SSSR count). The molecule has 22 heavy (non-hydrogen) atoms. The lowest BCUT2D eigenvalue weighted by Crippen LogP contribution is -2.35. The highest BCUT2D eigenvalue weighted by molar-refractivity contribution is 5.94. The highest BCUT2D eigenvalue weighted by Gasteiger charge is 2.12. The number of benzene rings is 1. The van der Waals surface area contributed by atoms with E-state index in [0.717, 1.165) is 5.69 Å². The summed E-state index contributed by atoms with van der Waals surface area (Å²) >= 11 is 0. The normalized spacial score (nSPS) is 10.3. The molecule has 116 valence electrons. The maximum absolute atomic E-state index is 12.4. The Labute approximate surface area is 130 Å². The molecule has 0 saturated heterocycles. The topological polar surface area (TPSA) is 54.3 Å². The third kappa shape index (κ3) is 3.97. The Bertz CT molecular complexity index is 635. The van der Waals surface area contributed by atoms with E-state index in [2.05, 4.69) is 5.32 Å². The van der Waals surface area contributed by atoms with E-state index in [1.807, 2.05) is 47.3 Å². The van der Waals surface area contributed by atoms with Crippen molar-refractivity contribution in [2.24, 2.45) is 0 Å². The molecule has 1 aromatic carbocycles. The second kappa shape index (κ2) is 7.45. The fraction of sp³-hybridized carbons (Fsp3) is 0.294. The maximum Gasteiger partial charge on any atom is 0.253 e. The van der Waals surface area contributed by atoms with Gasteiger partial charge >= 0.3 is 0 Å². The summed E-state index contributed by atoms with van der Waals surface area (Å²) in [6.07, 6.45) is 4.33. The van der Waals surface area contributed by atoms with Gasteiger partial charge in [-0.2, -0.15) is 0 Å². The standard InChI is InChI=1S/C17H21N3O2/c1-3-16(21)18-9-12-19(2)17(22)14-7-6-8-15(13-14)20-10-4-5-11-20/h4-8,10-11,13H,3,9,12H2,1-2H3,(H,18,21). The van der Waals surface area contributed by atoms with Gasteiger partial charge in [-0.05, 0) is 30.3 Å². The quantitative estimate of drug-likeness (QED) is 0.888. The van der Waals surface area contributed by atoms with E-state index < -0.39 is 0 Å². The Balaban J connectivity index is 2.00. The Morgan fingerprint density at radius 1 is 1.18 bits per heavy atom. The van der Waals surface area contributed by atoms with E-state index in [1.54, 1.807) is 24.9 Å². The summed E-state index contributed by atoms with van der Waals surface area (Å²) in [5, 5.41) is 2.77. The molecule has 5 nitrogen and oxygen atoms in total. The van der Waals surface area contributed by atoms with Crippen molar-refractivity contribution in [2.75, 3.05) is 20.1 Å². The van der Waals surface area contributed by atoms with Crippen LogP contribution in [-0.4, -0.2) is 41.4 Å². The molecule has 0 unspecified atom stereocenters. The molecule has 0 spiro atoms. The molecule has 2 aromatic rings. The van der Waals surface area contributed by atoms with Crippen molar-refractivity contribution in [1.29, 1.82) is 0 Å². The minimum Gasteiger partial charge on any atom is -0.354 e. The maximum atomic E-state index is 12.4. The number of carbonyl (C=O) groups is 2. The summed E-state index contributed by atoms with van der Waals surface area (Å²) in [4.78, 5) is 25.2. The fourth-order valence-electron chi connectivity index (χ4n) is 2.12. The number of nitrogens with one attached hydrogen (secondary N) is 1. The van der Waals surface area contributed by atoms with Crippen molar-refractivity contribution in [2.45, 2.75) is 13.3 Å². The zero-order valence-corrected chi connectivity index (χ0v) is 13.0. The van der Waals surface area contributed by atoms with Gasteiger partial charge in [0.2, 0.25) is 5.91 Å². The molecule has 0 fully saturated rings. The third-order valence-corrected chi connectivity index (χ3v) is 3.43. The molecule has 1 N–H and O–H groups in total. The van der Waals surface area contributed by atoms with E-state index in [1.165, 1.54) is 0 Å². The van der Waals surface area contributed by atoms with Gasteiger partial charge in [-0.15, -0.1) is 0 Å². The van der Waals surface area contributed by atoms with Gasteiger partial charge in [0, 0.05) is 50.2 Å². The number of amides is 2. The second-order valence-electron chi connectivity index (χ2n) is 5.07. The van der Waals surface area contributed by atoms with E-state index in [4.69, 9.17) is 0 Å². The number of carbonyl (C=O) groups excluding carboxylic acids is 2. The lowest BCUT2D eigenvalue weighted by atomic mass is 10.1. The molecule has 5 heteroatoms. The van der Waals surface area contributed by atoms with Crippen LogP contribution in [0.2, 0.25) is 0 Å². The first-order valence-corrected chi connectivity index (χ1v) is 7.37. The van der Waals surface area contributed by atoms with Crippen LogP contribution in [0, 0.1) is 0 Å². The zero-order valence-electron chi connectivity index (χ0n) is 13.0. The lowest BCUT2D eigenvalue weighted by molar-refractivity contribution is -0.120. The monoisotopic (exact) mass is 299 g/mol. The molecule has 0 aliphatic heterocycles. The number of likely N-dealkylation sites (N-methyl/N-ethyl adjacent to an activating group) is 1. The highest BCUT2D eigenvalue weighted by Crippen LogP contribution is 2.12. The Hall–Kier alpha value is -2.56. The Kier molecular flexibility index (Phi) is 5.36. The van der Waals surface area contributed by atoms with Gasteiger partial charge in [0.15, 0.2) is 0 Å². The van der Waals surface area contributed by atoms with Gasteiger partial charge in [-0.3, -0.25) is 9.59 Å². The van der Waals surface area contributed by atoms with Crippen LogP contribution in [0.15, 0.2) is 48.8 Å². The first kappa shape index (κ1) is 15.8. The summed E-state index contributed by atoms with van der Waals surface area (Å²) in [6.45, 7) is 2.75. The van der Waals surface area contributed by atoms with Crippen LogP contribution in [0.5, 0.6) is 0 Å². The largest absolute Gasteiger partial charge is 0.354 e. The van der Waals surface area contributed by atoms with Crippen LogP contribution in [0.4, 0.5) is 0 Å². The highest BCUT2D eigenvalue weighted by atomic mass is 16.2. The van der Waals surface area contributed by atoms with Crippen LogP contribution in [0.1, 0.15) is 23.7 Å². The number of nitrogens with zero attached hydrogens (tertiary/aromatic N) is 2. The van der Waals surface area contributed by atoms with Gasteiger partial charge in [0.25, 0.3) is 5.91 Å². The smallest absolute Gasteiger partial charge is 0.253 e. The van der Waals surface area contributed by atoms with Gasteiger partial charge in [0.05, 0.1) is 0 Å². The first-order chi connectivity index (χ1) is 10.6. The first-order valence-electron chi connectivity index (χ1n) is 7.37. The number of hydrogen-bond acceptors (Lipinski definition) is 2. The van der Waals surface area contributed by atoms with Gasteiger partial charge in [-0.1, -0.05) is 13.0 Å². The molecule has 0 radical (unpaired) electrons. The summed E-state index contributed by atoms with van der Waals surface area (Å²) in [5.74, 6) is -0.0600. The van der Waals surface area contributed by atoms with Gasteiger partial charge in [-0.25, -0.2) is 0 Å². The second-order valence-corrected chi connectivity index (χ2v) is 5.07. The van der Waals surface area contributed by atoms with Crippen LogP contribution < -0.4 is 5.32 Å². The number of hydrogen-bond donors (Lipinski definition) is 1. The molecule has 1 heterocycles. The molecule has 1 aromatic heterocycles. The lowest BCUT2D eigenvalue weighted by Gasteiger charge is -2.18. The molecular weight excluding hydrogens is 278 g/mol. The van der Waals surface area contributed by atoms with Crippen LogP contribution in [0.3, 0.4) is 0 Å². The van der Waals surface area contributed by atoms with Gasteiger partial charge in [0.1, 0.15) is 0 Å². The van der Waals surface area contributed by atoms with Crippen molar-refractivity contribution in [3.63, 3.8) is 0 Å². The molecular formula is C17H21N3O2. The molecule has 0 atom stereocenters. The summed E-state index contributed by atoms with van der Waals surface area (Å²) < 4.78 is 1.96. The average molecular weight is 299 g/mol. The van der Waals surface area contributed by atoms with Crippen molar-refractivity contribution in [1.82, 2.24) is 14.8 Å². The molecule has 0 saturated carbocycles. The summed E-state index contributed by atoms with van der Waals surface area (Å²) in [7, 11) is 1.74. The SMILES string of the molecule is CCC(=O)NCCN(C)C(=O)c1cccc(-n2cccc2)c1. The number of rotatable bonds is 6. The van der Waals surface area contributed by atoms with Crippen molar-refractivity contribution in [3.05, 3.63) is 54.4 Å². The van der Waals surface area contributed by atoms with E-state index in [0.29, 0.717) is 25.1 Å². The molecule has 0 aliphatic carbocycles. The Morgan fingerprint density at radius 3 is 2.59 bits per heavy atom. The van der Waals surface area contributed by atoms with E-state index >= 15 is 0 Å². The third-order valence-electron chi connectivity index (χ3n) is 3.43. The predicted molar refractivity (Wildman–Crippen MR) is 86.0 cm³/mol. The van der Waals surface area contributed by atoms with Crippen molar-refractivity contribution < 1.29 is 9.59 Å². The van der Waals surface area contributed by atoms with Crippen LogP contribution in [0.25, 0.3) is 5.69 Å². The minimum absolute atomic E-state index is 0.00421. The number of aromatic nitrogens is 1. The van der Waals surface area contributed by atoms with Crippen molar-refractivity contribution in [3.8, 4) is 5.69 Å². The predicted octanol–water partition coefficient (Wildman–Crippen LogP) is 2.08. The zero-order chi connectivity index (χ0) is 15.9. The van der Waals surface area contributed by atoms with E-state index in [-0.39, 0.29) is 11.8 Å². The molecule has 0 bridgehead atoms. The Morgan fingerprint density at radius 2 is 1.91 bits per heavy atom. The molecule has 2 amide bonds. The minimum atomic E-state index is -0.0558. The fourth-order valence-corrected chi connectivity index (χ4v) is 2.12. The average Bonchev–Trinajstić information content (AvgIpc) is 3.08. The van der Waals surface area contributed by atoms with Crippen LogP contribution >= 0.6 is 0 Å². The van der Waals surface area contributed by atoms with Crippen molar-refractivity contribution >= 4 is 11.8 Å².